The molecule has 0 spiro atoms. The summed E-state index contributed by atoms with van der Waals surface area (Å²) >= 11 is 6.45. The van der Waals surface area contributed by atoms with E-state index in [1.807, 2.05) is 72.8 Å². The number of fused-ring (bicyclic) bond motifs is 1. The molecule has 0 saturated carbocycles. The van der Waals surface area contributed by atoms with E-state index in [2.05, 4.69) is 5.32 Å². The van der Waals surface area contributed by atoms with Gasteiger partial charge in [-0.15, -0.1) is 5.10 Å². The van der Waals surface area contributed by atoms with E-state index in [9.17, 15) is 4.79 Å². The summed E-state index contributed by atoms with van der Waals surface area (Å²) in [6.07, 6.45) is 2.09. The maximum Gasteiger partial charge on any atom is 0.226 e. The van der Waals surface area contributed by atoms with Crippen LogP contribution in [0.1, 0.15) is 36.4 Å². The van der Waals surface area contributed by atoms with E-state index in [-0.39, 0.29) is 5.78 Å². The molecule has 3 aromatic carbocycles. The number of benzene rings is 3. The molecule has 0 amide bonds. The van der Waals surface area contributed by atoms with E-state index >= 15 is 0 Å². The Morgan fingerprint density at radius 2 is 1.84 bits per heavy atom. The van der Waals surface area contributed by atoms with Gasteiger partial charge >= 0.3 is 0 Å². The van der Waals surface area contributed by atoms with Gasteiger partial charge in [0.1, 0.15) is 12.6 Å². The van der Waals surface area contributed by atoms with Gasteiger partial charge in [0.15, 0.2) is 23.1 Å². The first-order valence-electron chi connectivity index (χ1n) is 12.2. The van der Waals surface area contributed by atoms with E-state index in [0.717, 1.165) is 40.8 Å². The lowest BCUT2D eigenvalue weighted by Gasteiger charge is -2.32. The van der Waals surface area contributed by atoms with Crippen LogP contribution in [0.2, 0.25) is 5.02 Å². The lowest BCUT2D eigenvalue weighted by molar-refractivity contribution is -0.116. The van der Waals surface area contributed by atoms with Crippen LogP contribution in [0.5, 0.6) is 11.5 Å². The Labute approximate surface area is 219 Å². The van der Waals surface area contributed by atoms with Crippen LogP contribution in [0.3, 0.4) is 0 Å². The summed E-state index contributed by atoms with van der Waals surface area (Å²) in [6, 6.07) is 22.8. The molecule has 4 aromatic rings. The molecular formula is C29H25ClN4O3. The van der Waals surface area contributed by atoms with Gasteiger partial charge in [0, 0.05) is 23.3 Å². The highest BCUT2D eigenvalue weighted by Gasteiger charge is 2.37. The Bertz CT molecular complexity index is 1510. The predicted octanol–water partition coefficient (Wildman–Crippen LogP) is 6.21. The summed E-state index contributed by atoms with van der Waals surface area (Å²) in [7, 11) is 1.61. The average molecular weight is 513 g/mol. The largest absolute Gasteiger partial charge is 0.493 e. The smallest absolute Gasteiger partial charge is 0.226 e. The fourth-order valence-electron chi connectivity index (χ4n) is 4.93. The van der Waals surface area contributed by atoms with Crippen LogP contribution >= 0.6 is 11.6 Å². The Kier molecular flexibility index (Phi) is 6.14. The molecule has 6 rings (SSSR count). The number of ether oxygens (including phenoxy) is 2. The number of methoxy groups -OCH3 is 1. The van der Waals surface area contributed by atoms with Crippen LogP contribution in [0.25, 0.3) is 11.4 Å². The number of aromatic nitrogens is 3. The first-order chi connectivity index (χ1) is 18.1. The van der Waals surface area contributed by atoms with E-state index in [1.165, 1.54) is 0 Å². The van der Waals surface area contributed by atoms with Crippen molar-refractivity contribution in [2.24, 2.45) is 0 Å². The second-order valence-corrected chi connectivity index (χ2v) is 9.47. The molecule has 1 aromatic heterocycles. The number of hydrogen-bond acceptors (Lipinski definition) is 6. The van der Waals surface area contributed by atoms with Gasteiger partial charge in [0.25, 0.3) is 0 Å². The third kappa shape index (κ3) is 4.36. The number of nitrogens with one attached hydrogen (secondary N) is 1. The number of Topliss-reactive ketones (excluding diaryl/α,β-unsaturated/α-hetero) is 1. The number of rotatable bonds is 6. The Hall–Kier alpha value is -4.10. The van der Waals surface area contributed by atoms with Gasteiger partial charge in [-0.2, -0.15) is 4.98 Å². The fourth-order valence-corrected chi connectivity index (χ4v) is 5.15. The third-order valence-corrected chi connectivity index (χ3v) is 7.05. The molecule has 2 aliphatic rings. The van der Waals surface area contributed by atoms with Gasteiger partial charge in [-0.05, 0) is 48.2 Å². The number of carbonyl (C=O) groups is 1. The maximum atomic E-state index is 13.2. The summed E-state index contributed by atoms with van der Waals surface area (Å²) in [5.74, 6) is 2.41. The molecule has 1 atom stereocenters. The van der Waals surface area contributed by atoms with E-state index in [4.69, 9.17) is 31.2 Å². The highest BCUT2D eigenvalue weighted by Crippen LogP contribution is 2.43. The van der Waals surface area contributed by atoms with Crippen molar-refractivity contribution in [3.8, 4) is 22.9 Å². The molecule has 2 heterocycles. The second-order valence-electron chi connectivity index (χ2n) is 9.06. The summed E-state index contributed by atoms with van der Waals surface area (Å²) in [6.45, 7) is 0.423. The lowest BCUT2D eigenvalue weighted by atomic mass is 9.85. The molecule has 0 fully saturated rings. The minimum atomic E-state index is -0.445. The molecule has 7 nitrogen and oxygen atoms in total. The molecule has 0 radical (unpaired) electrons. The number of carbonyl (C=O) groups excluding carboxylic acids is 1. The minimum Gasteiger partial charge on any atom is -0.493 e. The van der Waals surface area contributed by atoms with Crippen molar-refractivity contribution < 1.29 is 14.3 Å². The van der Waals surface area contributed by atoms with Gasteiger partial charge in [-0.1, -0.05) is 60.1 Å². The third-order valence-electron chi connectivity index (χ3n) is 6.72. The summed E-state index contributed by atoms with van der Waals surface area (Å²) in [5, 5.41) is 8.75. The van der Waals surface area contributed by atoms with Crippen molar-refractivity contribution in [1.29, 1.82) is 0 Å². The van der Waals surface area contributed by atoms with E-state index < -0.39 is 6.04 Å². The molecule has 1 aliphatic carbocycles. The van der Waals surface area contributed by atoms with Crippen LogP contribution in [-0.4, -0.2) is 27.7 Å². The molecule has 0 bridgehead atoms. The molecular weight excluding hydrogens is 488 g/mol. The topological polar surface area (TPSA) is 78.3 Å². The molecule has 0 saturated heterocycles. The number of allylic oxidation sites excluding steroid dienone is 2. The number of halogens is 1. The molecule has 1 aliphatic heterocycles. The summed E-state index contributed by atoms with van der Waals surface area (Å²) < 4.78 is 13.5. The quantitative estimate of drug-likeness (QED) is 0.331. The highest BCUT2D eigenvalue weighted by molar-refractivity contribution is 6.33. The monoisotopic (exact) mass is 512 g/mol. The Morgan fingerprint density at radius 1 is 1.03 bits per heavy atom. The Morgan fingerprint density at radius 3 is 2.65 bits per heavy atom. The zero-order valence-corrected chi connectivity index (χ0v) is 21.0. The van der Waals surface area contributed by atoms with Crippen LogP contribution in [0.15, 0.2) is 84.1 Å². The number of anilines is 1. The highest BCUT2D eigenvalue weighted by atomic mass is 35.5. The van der Waals surface area contributed by atoms with Gasteiger partial charge in [-0.3, -0.25) is 4.79 Å². The van der Waals surface area contributed by atoms with Crippen LogP contribution in [-0.2, 0) is 11.4 Å². The standard InChI is InChI=1S/C29H25ClN4O3/c1-36-25-16-19(14-15-24(25)37-17-18-8-3-2-4-9-18)27-26-22(12-7-13-23(26)35)31-29-32-28(33-34(27)29)20-10-5-6-11-21(20)30/h2-6,8-11,14-16,27H,7,12-13,17H2,1H3,(H,31,32,33). The van der Waals surface area contributed by atoms with E-state index in [1.54, 1.807) is 11.8 Å². The SMILES string of the molecule is COc1cc(C2C3=C(CCCC3=O)Nc3nc(-c4ccccc4Cl)nn32)ccc1OCc1ccccc1. The zero-order chi connectivity index (χ0) is 25.4. The lowest BCUT2D eigenvalue weighted by Crippen LogP contribution is -2.31. The minimum absolute atomic E-state index is 0.113. The van der Waals surface area contributed by atoms with Crippen molar-refractivity contribution >= 4 is 23.3 Å². The van der Waals surface area contributed by atoms with Crippen molar-refractivity contribution in [3.05, 3.63) is 100 Å². The second kappa shape index (κ2) is 9.75. The first kappa shape index (κ1) is 23.3. The average Bonchev–Trinajstić information content (AvgIpc) is 3.35. The molecule has 186 valence electrons. The molecule has 8 heteroatoms. The van der Waals surface area contributed by atoms with Gasteiger partial charge < -0.3 is 14.8 Å². The number of hydrogen-bond donors (Lipinski definition) is 1. The van der Waals surface area contributed by atoms with Crippen molar-refractivity contribution in [2.75, 3.05) is 12.4 Å². The number of ketones is 1. The molecule has 37 heavy (non-hydrogen) atoms. The zero-order valence-electron chi connectivity index (χ0n) is 20.3. The maximum absolute atomic E-state index is 13.2. The summed E-state index contributed by atoms with van der Waals surface area (Å²) in [4.78, 5) is 17.9. The normalized spacial score (nSPS) is 16.6. The van der Waals surface area contributed by atoms with Gasteiger partial charge in [0.05, 0.1) is 12.1 Å². The van der Waals surface area contributed by atoms with Crippen LogP contribution in [0.4, 0.5) is 5.95 Å². The molecule has 1 unspecified atom stereocenters. The van der Waals surface area contributed by atoms with Crippen molar-refractivity contribution in [2.45, 2.75) is 31.9 Å². The fraction of sp³-hybridized carbons (Fsp3) is 0.207. The van der Waals surface area contributed by atoms with Crippen LogP contribution in [0, 0.1) is 0 Å². The van der Waals surface area contributed by atoms with Crippen molar-refractivity contribution in [1.82, 2.24) is 14.8 Å². The predicted molar refractivity (Wildman–Crippen MR) is 142 cm³/mol. The molecule has 1 N–H and O–H groups in total. The van der Waals surface area contributed by atoms with E-state index in [0.29, 0.717) is 41.3 Å². The number of nitrogens with zero attached hydrogens (tertiary/aromatic N) is 3. The Balaban J connectivity index is 1.41. The van der Waals surface area contributed by atoms with Crippen molar-refractivity contribution in [3.63, 3.8) is 0 Å². The van der Waals surface area contributed by atoms with Gasteiger partial charge in [-0.25, -0.2) is 4.68 Å². The van der Waals surface area contributed by atoms with Gasteiger partial charge in [0.2, 0.25) is 5.95 Å². The first-order valence-corrected chi connectivity index (χ1v) is 12.6. The summed E-state index contributed by atoms with van der Waals surface area (Å²) in [5.41, 5.74) is 4.28. The van der Waals surface area contributed by atoms with Crippen LogP contribution < -0.4 is 14.8 Å².